The van der Waals surface area contributed by atoms with Crippen molar-refractivity contribution in [3.8, 4) is 0 Å². The fourth-order valence-electron chi connectivity index (χ4n) is 2.79. The molecule has 0 atom stereocenters. The van der Waals surface area contributed by atoms with Crippen molar-refractivity contribution in [2.45, 2.75) is 52.6 Å². The first-order valence-electron chi connectivity index (χ1n) is 10.1. The van der Waals surface area contributed by atoms with Gasteiger partial charge in [0.15, 0.2) is 11.7 Å². The van der Waals surface area contributed by atoms with Crippen molar-refractivity contribution in [2.75, 3.05) is 6.54 Å². The smallest absolute Gasteiger partial charge is 0.192 e. The number of aliphatic imine (C=N–C) groups is 1. The lowest BCUT2D eigenvalue weighted by Crippen LogP contribution is -2.36. The molecule has 162 valence electrons. The minimum absolute atomic E-state index is 0. The quantitative estimate of drug-likeness (QED) is 0.230. The Labute approximate surface area is 199 Å². The van der Waals surface area contributed by atoms with Gasteiger partial charge in [0.1, 0.15) is 0 Å². The minimum Gasteiger partial charge on any atom is -0.359 e. The van der Waals surface area contributed by atoms with Gasteiger partial charge in [-0.25, -0.2) is 9.98 Å². The van der Waals surface area contributed by atoms with Crippen LogP contribution < -0.4 is 10.6 Å². The molecule has 0 bridgehead atoms. The second-order valence-corrected chi connectivity index (χ2v) is 8.08. The molecule has 1 aromatic carbocycles. The highest BCUT2D eigenvalue weighted by Crippen LogP contribution is 2.15. The molecule has 2 aromatic heterocycles. The summed E-state index contributed by atoms with van der Waals surface area (Å²) in [5.74, 6) is 1.90. The molecule has 2 N–H and O–H groups in total. The van der Waals surface area contributed by atoms with Gasteiger partial charge in [-0.2, -0.15) is 0 Å². The molecular weight excluding hydrogens is 509 g/mol. The Balaban J connectivity index is 0.00000320. The highest BCUT2D eigenvalue weighted by Gasteiger charge is 2.08. The van der Waals surface area contributed by atoms with E-state index >= 15 is 0 Å². The number of aromatic nitrogens is 2. The van der Waals surface area contributed by atoms with Gasteiger partial charge in [-0.1, -0.05) is 49.3 Å². The summed E-state index contributed by atoms with van der Waals surface area (Å²) in [6.45, 7) is 8.13. The first-order chi connectivity index (χ1) is 14.1. The van der Waals surface area contributed by atoms with Gasteiger partial charge in [-0.05, 0) is 24.8 Å². The lowest BCUT2D eigenvalue weighted by Gasteiger charge is -2.09. The largest absolute Gasteiger partial charge is 0.359 e. The normalized spacial score (nSPS) is 11.4. The summed E-state index contributed by atoms with van der Waals surface area (Å²) in [7, 11) is 0. The first-order valence-corrected chi connectivity index (χ1v) is 11.0. The number of aryl methyl sites for hydroxylation is 2. The number of thiazole rings is 1. The first kappa shape index (κ1) is 24.3. The van der Waals surface area contributed by atoms with Crippen molar-refractivity contribution >= 4 is 41.3 Å². The molecule has 30 heavy (non-hydrogen) atoms. The Kier molecular flexibility index (Phi) is 10.3. The SMILES string of the molecule is CCNC(=NCc1csc(CCc2ccccc2)n1)NCc1cc(C(C)C)no1.I. The molecule has 8 heteroatoms. The van der Waals surface area contributed by atoms with Crippen molar-refractivity contribution < 1.29 is 4.52 Å². The number of nitrogens with one attached hydrogen (secondary N) is 2. The molecule has 2 heterocycles. The second-order valence-electron chi connectivity index (χ2n) is 7.14. The Morgan fingerprint density at radius 3 is 2.67 bits per heavy atom. The van der Waals surface area contributed by atoms with Gasteiger partial charge in [-0.15, -0.1) is 35.3 Å². The molecule has 0 radical (unpaired) electrons. The van der Waals surface area contributed by atoms with Crippen LogP contribution in [0.2, 0.25) is 0 Å². The van der Waals surface area contributed by atoms with Crippen LogP contribution >= 0.6 is 35.3 Å². The zero-order valence-electron chi connectivity index (χ0n) is 17.7. The Morgan fingerprint density at radius 1 is 1.17 bits per heavy atom. The van der Waals surface area contributed by atoms with Gasteiger partial charge in [0.25, 0.3) is 0 Å². The summed E-state index contributed by atoms with van der Waals surface area (Å²) < 4.78 is 5.38. The highest BCUT2D eigenvalue weighted by molar-refractivity contribution is 14.0. The Morgan fingerprint density at radius 2 is 1.97 bits per heavy atom. The lowest BCUT2D eigenvalue weighted by atomic mass is 10.1. The molecule has 0 unspecified atom stereocenters. The maximum atomic E-state index is 5.38. The van der Waals surface area contributed by atoms with E-state index in [0.717, 1.165) is 47.5 Å². The molecule has 0 saturated heterocycles. The third-order valence-electron chi connectivity index (χ3n) is 4.41. The van der Waals surface area contributed by atoms with Crippen molar-refractivity contribution in [2.24, 2.45) is 4.99 Å². The highest BCUT2D eigenvalue weighted by atomic mass is 127. The van der Waals surface area contributed by atoms with Gasteiger partial charge in [-0.3, -0.25) is 0 Å². The number of guanidine groups is 1. The molecule has 0 aliphatic rings. The van der Waals surface area contributed by atoms with E-state index in [1.165, 1.54) is 5.56 Å². The lowest BCUT2D eigenvalue weighted by molar-refractivity contribution is 0.372. The Hall–Kier alpha value is -1.94. The predicted octanol–water partition coefficient (Wildman–Crippen LogP) is 4.91. The van der Waals surface area contributed by atoms with Crippen LogP contribution in [0.5, 0.6) is 0 Å². The molecule has 0 aliphatic heterocycles. The van der Waals surface area contributed by atoms with Gasteiger partial charge in [0.2, 0.25) is 0 Å². The van der Waals surface area contributed by atoms with E-state index in [-0.39, 0.29) is 24.0 Å². The molecule has 0 aliphatic carbocycles. The summed E-state index contributed by atoms with van der Waals surface area (Å²) in [6.07, 6.45) is 1.97. The average molecular weight is 539 g/mol. The van der Waals surface area contributed by atoms with Gasteiger partial charge in [0, 0.05) is 24.4 Å². The van der Waals surface area contributed by atoms with E-state index in [1.807, 2.05) is 19.1 Å². The molecule has 0 saturated carbocycles. The fourth-order valence-corrected chi connectivity index (χ4v) is 3.58. The van der Waals surface area contributed by atoms with Crippen LogP contribution in [0.1, 0.15) is 54.4 Å². The molecule has 0 fully saturated rings. The van der Waals surface area contributed by atoms with Crippen molar-refractivity contribution in [1.29, 1.82) is 0 Å². The predicted molar refractivity (Wildman–Crippen MR) is 134 cm³/mol. The monoisotopic (exact) mass is 539 g/mol. The maximum Gasteiger partial charge on any atom is 0.192 e. The summed E-state index contributed by atoms with van der Waals surface area (Å²) >= 11 is 1.70. The van der Waals surface area contributed by atoms with Crippen molar-refractivity contribution in [3.63, 3.8) is 0 Å². The van der Waals surface area contributed by atoms with Crippen LogP contribution in [-0.4, -0.2) is 22.6 Å². The fraction of sp³-hybridized carbons (Fsp3) is 0.409. The third-order valence-corrected chi connectivity index (χ3v) is 5.37. The maximum absolute atomic E-state index is 5.38. The van der Waals surface area contributed by atoms with E-state index in [1.54, 1.807) is 11.3 Å². The van der Waals surface area contributed by atoms with Crippen LogP contribution in [-0.2, 0) is 25.9 Å². The van der Waals surface area contributed by atoms with E-state index in [4.69, 9.17) is 9.51 Å². The zero-order chi connectivity index (χ0) is 20.5. The summed E-state index contributed by atoms with van der Waals surface area (Å²) in [5.41, 5.74) is 3.31. The second kappa shape index (κ2) is 12.7. The summed E-state index contributed by atoms with van der Waals surface area (Å²) in [5, 5.41) is 13.9. The average Bonchev–Trinajstić information content (AvgIpc) is 3.39. The number of nitrogens with zero attached hydrogens (tertiary/aromatic N) is 3. The van der Waals surface area contributed by atoms with Crippen molar-refractivity contribution in [3.05, 3.63) is 69.5 Å². The summed E-state index contributed by atoms with van der Waals surface area (Å²) in [6, 6.07) is 12.5. The number of benzene rings is 1. The number of rotatable bonds is 9. The van der Waals surface area contributed by atoms with Crippen molar-refractivity contribution in [1.82, 2.24) is 20.8 Å². The number of hydrogen-bond acceptors (Lipinski definition) is 5. The molecule has 6 nitrogen and oxygen atoms in total. The summed E-state index contributed by atoms with van der Waals surface area (Å²) in [4.78, 5) is 9.37. The number of hydrogen-bond donors (Lipinski definition) is 2. The molecule has 0 spiro atoms. The van der Waals surface area contributed by atoms with Gasteiger partial charge in [0.05, 0.1) is 29.5 Å². The molecule has 0 amide bonds. The molecule has 3 rings (SSSR count). The zero-order valence-corrected chi connectivity index (χ0v) is 20.9. The molecule has 3 aromatic rings. The standard InChI is InChI=1S/C22H29N5OS.HI/c1-4-23-22(25-14-19-12-20(16(2)3)27-28-19)24-13-18-15-29-21(26-18)11-10-17-8-6-5-7-9-17;/h5-9,12,15-16H,4,10-11,13-14H2,1-3H3,(H2,23,24,25);1H. The van der Waals surface area contributed by atoms with Gasteiger partial charge < -0.3 is 15.2 Å². The third kappa shape index (κ3) is 7.71. The van der Waals surface area contributed by atoms with Crippen LogP contribution in [0.15, 0.2) is 51.3 Å². The molecular formula is C22H30IN5OS. The number of halogens is 1. The topological polar surface area (TPSA) is 75.3 Å². The van der Waals surface area contributed by atoms with Crippen LogP contribution in [0.4, 0.5) is 0 Å². The van der Waals surface area contributed by atoms with Crippen LogP contribution in [0.3, 0.4) is 0 Å². The van der Waals surface area contributed by atoms with Crippen LogP contribution in [0.25, 0.3) is 0 Å². The van der Waals surface area contributed by atoms with E-state index in [9.17, 15) is 0 Å². The minimum atomic E-state index is 0. The van der Waals surface area contributed by atoms with E-state index in [2.05, 4.69) is 64.3 Å². The van der Waals surface area contributed by atoms with E-state index in [0.29, 0.717) is 19.0 Å². The van der Waals surface area contributed by atoms with Crippen LogP contribution in [0, 0.1) is 0 Å². The van der Waals surface area contributed by atoms with E-state index < -0.39 is 0 Å². The Bertz CT molecular complexity index is 907. The van der Waals surface area contributed by atoms with Gasteiger partial charge >= 0.3 is 0 Å².